The van der Waals surface area contributed by atoms with E-state index < -0.39 is 0 Å². The van der Waals surface area contributed by atoms with Crippen LogP contribution in [0.5, 0.6) is 11.5 Å². The predicted molar refractivity (Wildman–Crippen MR) is 90.1 cm³/mol. The zero-order valence-corrected chi connectivity index (χ0v) is 12.6. The van der Waals surface area contributed by atoms with Gasteiger partial charge in [-0.2, -0.15) is 0 Å². The standard InChI is InChI=1S/C19H15NO3/c1-13(21)23-18-8-3-2-5-14(18)9-11-16-12-10-15-6-4-7-17(22)19(15)20-16/h2-12,22H,1H3/b11-9+. The molecule has 1 heterocycles. The number of nitrogens with zero attached hydrogens (tertiary/aromatic N) is 1. The van der Waals surface area contributed by atoms with E-state index in [0.29, 0.717) is 17.0 Å². The number of fused-ring (bicyclic) bond motifs is 1. The molecule has 0 aliphatic heterocycles. The number of ether oxygens (including phenoxy) is 1. The fourth-order valence-corrected chi connectivity index (χ4v) is 2.28. The highest BCUT2D eigenvalue weighted by molar-refractivity contribution is 5.86. The molecule has 0 aliphatic rings. The summed E-state index contributed by atoms with van der Waals surface area (Å²) in [5.41, 5.74) is 2.04. The minimum absolute atomic E-state index is 0.151. The number of rotatable bonds is 3. The van der Waals surface area contributed by atoms with Crippen LogP contribution in [-0.2, 0) is 4.79 Å². The van der Waals surface area contributed by atoms with Crippen LogP contribution in [-0.4, -0.2) is 16.1 Å². The highest BCUT2D eigenvalue weighted by Gasteiger charge is 2.04. The molecule has 4 nitrogen and oxygen atoms in total. The van der Waals surface area contributed by atoms with E-state index >= 15 is 0 Å². The number of hydrogen-bond donors (Lipinski definition) is 1. The fraction of sp³-hybridized carbons (Fsp3) is 0.0526. The fourth-order valence-electron chi connectivity index (χ4n) is 2.28. The Morgan fingerprint density at radius 2 is 1.87 bits per heavy atom. The Hall–Kier alpha value is -3.14. The molecule has 0 amide bonds. The quantitative estimate of drug-likeness (QED) is 0.586. The Balaban J connectivity index is 1.94. The molecule has 1 N–H and O–H groups in total. The average molecular weight is 305 g/mol. The third kappa shape index (κ3) is 3.37. The number of benzene rings is 2. The SMILES string of the molecule is CC(=O)Oc1ccccc1/C=C/c1ccc2cccc(O)c2n1. The lowest BCUT2D eigenvalue weighted by Gasteiger charge is -2.05. The van der Waals surface area contributed by atoms with Gasteiger partial charge in [-0.3, -0.25) is 4.79 Å². The van der Waals surface area contributed by atoms with Crippen LogP contribution in [0.3, 0.4) is 0 Å². The minimum Gasteiger partial charge on any atom is -0.506 e. The predicted octanol–water partition coefficient (Wildman–Crippen LogP) is 4.04. The van der Waals surface area contributed by atoms with Crippen molar-refractivity contribution in [1.82, 2.24) is 4.98 Å². The first-order chi connectivity index (χ1) is 11.1. The maximum atomic E-state index is 11.1. The van der Waals surface area contributed by atoms with Crippen molar-refractivity contribution in [3.8, 4) is 11.5 Å². The second kappa shape index (κ2) is 6.32. The number of phenols is 1. The van der Waals surface area contributed by atoms with Crippen molar-refractivity contribution in [2.24, 2.45) is 0 Å². The molecule has 0 atom stereocenters. The molecule has 0 saturated carbocycles. The van der Waals surface area contributed by atoms with Gasteiger partial charge in [0, 0.05) is 17.9 Å². The van der Waals surface area contributed by atoms with E-state index in [1.54, 1.807) is 18.2 Å². The summed E-state index contributed by atoms with van der Waals surface area (Å²) in [6.07, 6.45) is 3.64. The van der Waals surface area contributed by atoms with Crippen molar-refractivity contribution in [3.05, 3.63) is 65.9 Å². The lowest BCUT2D eigenvalue weighted by atomic mass is 10.1. The Kier molecular flexibility index (Phi) is 4.06. The van der Waals surface area contributed by atoms with Crippen molar-refractivity contribution >= 4 is 29.0 Å². The summed E-state index contributed by atoms with van der Waals surface area (Å²) < 4.78 is 5.17. The van der Waals surface area contributed by atoms with Crippen LogP contribution in [0.2, 0.25) is 0 Å². The van der Waals surface area contributed by atoms with Crippen molar-refractivity contribution < 1.29 is 14.6 Å². The number of esters is 1. The zero-order valence-electron chi connectivity index (χ0n) is 12.6. The Bertz CT molecular complexity index is 900. The van der Waals surface area contributed by atoms with Crippen LogP contribution >= 0.6 is 0 Å². The molecule has 4 heteroatoms. The Labute approximate surface area is 133 Å². The van der Waals surface area contributed by atoms with Crippen LogP contribution in [0.25, 0.3) is 23.1 Å². The van der Waals surface area contributed by atoms with Crippen LogP contribution in [0.1, 0.15) is 18.2 Å². The number of aromatic hydroxyl groups is 1. The van der Waals surface area contributed by atoms with Gasteiger partial charge in [0.25, 0.3) is 0 Å². The number of phenolic OH excluding ortho intramolecular Hbond substituents is 1. The highest BCUT2D eigenvalue weighted by atomic mass is 16.5. The lowest BCUT2D eigenvalue weighted by Crippen LogP contribution is -2.02. The van der Waals surface area contributed by atoms with E-state index in [1.165, 1.54) is 6.92 Å². The highest BCUT2D eigenvalue weighted by Crippen LogP contribution is 2.24. The van der Waals surface area contributed by atoms with Crippen molar-refractivity contribution in [1.29, 1.82) is 0 Å². The topological polar surface area (TPSA) is 59.4 Å². The summed E-state index contributed by atoms with van der Waals surface area (Å²) in [5.74, 6) is 0.289. The van der Waals surface area contributed by atoms with E-state index in [0.717, 1.165) is 10.9 Å². The molecule has 0 bridgehead atoms. The van der Waals surface area contributed by atoms with E-state index in [2.05, 4.69) is 4.98 Å². The van der Waals surface area contributed by atoms with Gasteiger partial charge in [-0.1, -0.05) is 36.4 Å². The largest absolute Gasteiger partial charge is 0.506 e. The number of aromatic nitrogens is 1. The molecule has 0 radical (unpaired) electrons. The van der Waals surface area contributed by atoms with Gasteiger partial charge < -0.3 is 9.84 Å². The maximum Gasteiger partial charge on any atom is 0.308 e. The van der Waals surface area contributed by atoms with Gasteiger partial charge >= 0.3 is 5.97 Å². The molecule has 0 unspecified atom stereocenters. The van der Waals surface area contributed by atoms with Crippen LogP contribution in [0.4, 0.5) is 0 Å². The van der Waals surface area contributed by atoms with Gasteiger partial charge in [0.2, 0.25) is 0 Å². The van der Waals surface area contributed by atoms with Crippen LogP contribution in [0, 0.1) is 0 Å². The molecular formula is C19H15NO3. The first-order valence-electron chi connectivity index (χ1n) is 7.18. The van der Waals surface area contributed by atoms with Gasteiger partial charge in [0.1, 0.15) is 17.0 Å². The summed E-state index contributed by atoms with van der Waals surface area (Å²) in [5, 5.41) is 10.8. The van der Waals surface area contributed by atoms with Gasteiger partial charge in [-0.15, -0.1) is 0 Å². The molecule has 2 aromatic carbocycles. The molecule has 3 aromatic rings. The molecule has 0 spiro atoms. The second-order valence-corrected chi connectivity index (χ2v) is 5.05. The Morgan fingerprint density at radius 3 is 2.70 bits per heavy atom. The summed E-state index contributed by atoms with van der Waals surface area (Å²) in [6, 6.07) is 16.3. The van der Waals surface area contributed by atoms with Crippen molar-refractivity contribution in [2.75, 3.05) is 0 Å². The Morgan fingerprint density at radius 1 is 1.04 bits per heavy atom. The number of pyridine rings is 1. The molecule has 0 saturated heterocycles. The smallest absolute Gasteiger partial charge is 0.308 e. The first kappa shape index (κ1) is 14.8. The van der Waals surface area contributed by atoms with E-state index in [-0.39, 0.29) is 11.7 Å². The number of carbonyl (C=O) groups is 1. The molecule has 114 valence electrons. The van der Waals surface area contributed by atoms with E-state index in [9.17, 15) is 9.90 Å². The van der Waals surface area contributed by atoms with Crippen LogP contribution in [0.15, 0.2) is 54.6 Å². The van der Waals surface area contributed by atoms with Gasteiger partial charge in [-0.05, 0) is 30.4 Å². The summed E-state index contributed by atoms with van der Waals surface area (Å²) in [6.45, 7) is 1.37. The van der Waals surface area contributed by atoms with Crippen molar-refractivity contribution in [3.63, 3.8) is 0 Å². The monoisotopic (exact) mass is 305 g/mol. The number of para-hydroxylation sites is 2. The third-order valence-electron chi connectivity index (χ3n) is 3.33. The van der Waals surface area contributed by atoms with Gasteiger partial charge in [-0.25, -0.2) is 4.98 Å². The summed E-state index contributed by atoms with van der Waals surface area (Å²) in [7, 11) is 0. The minimum atomic E-state index is -0.361. The van der Waals surface area contributed by atoms with Crippen LogP contribution < -0.4 is 4.74 Å². The molecule has 0 fully saturated rings. The summed E-state index contributed by atoms with van der Waals surface area (Å²) in [4.78, 5) is 15.6. The first-order valence-corrected chi connectivity index (χ1v) is 7.18. The van der Waals surface area contributed by atoms with Crippen molar-refractivity contribution in [2.45, 2.75) is 6.92 Å². The molecule has 0 aliphatic carbocycles. The molecule has 1 aromatic heterocycles. The normalized spacial score (nSPS) is 11.0. The zero-order chi connectivity index (χ0) is 16.2. The molecular weight excluding hydrogens is 290 g/mol. The number of carbonyl (C=O) groups excluding carboxylic acids is 1. The summed E-state index contributed by atoms with van der Waals surface area (Å²) >= 11 is 0. The number of hydrogen-bond acceptors (Lipinski definition) is 4. The lowest BCUT2D eigenvalue weighted by molar-refractivity contribution is -0.131. The molecule has 23 heavy (non-hydrogen) atoms. The second-order valence-electron chi connectivity index (χ2n) is 5.05. The van der Waals surface area contributed by atoms with Gasteiger partial charge in [0.15, 0.2) is 0 Å². The van der Waals surface area contributed by atoms with E-state index in [1.807, 2.05) is 48.6 Å². The maximum absolute atomic E-state index is 11.1. The molecule has 3 rings (SSSR count). The van der Waals surface area contributed by atoms with E-state index in [4.69, 9.17) is 4.74 Å². The van der Waals surface area contributed by atoms with Gasteiger partial charge in [0.05, 0.1) is 5.69 Å². The third-order valence-corrected chi connectivity index (χ3v) is 3.33. The average Bonchev–Trinajstić information content (AvgIpc) is 2.54.